The lowest BCUT2D eigenvalue weighted by Crippen LogP contribution is -2.16. The SMILES string of the molecule is CC1(C)CC(Nc2cn[nH]c(=O)c2Cl)c2ccccc21. The van der Waals surface area contributed by atoms with Crippen LogP contribution in [-0.4, -0.2) is 10.2 Å². The molecule has 104 valence electrons. The van der Waals surface area contributed by atoms with E-state index in [0.717, 1.165) is 6.42 Å². The van der Waals surface area contributed by atoms with Gasteiger partial charge in [0.25, 0.3) is 5.56 Å². The van der Waals surface area contributed by atoms with Crippen LogP contribution < -0.4 is 10.9 Å². The van der Waals surface area contributed by atoms with Crippen LogP contribution in [0.3, 0.4) is 0 Å². The van der Waals surface area contributed by atoms with Crippen molar-refractivity contribution in [2.24, 2.45) is 0 Å². The molecule has 0 fully saturated rings. The number of halogens is 1. The second-order valence-electron chi connectivity index (χ2n) is 5.80. The van der Waals surface area contributed by atoms with Gasteiger partial charge in [-0.3, -0.25) is 4.79 Å². The number of benzene rings is 1. The molecule has 2 N–H and O–H groups in total. The third-order valence-corrected chi connectivity index (χ3v) is 4.28. The van der Waals surface area contributed by atoms with Gasteiger partial charge in [-0.15, -0.1) is 0 Å². The van der Waals surface area contributed by atoms with Crippen LogP contribution in [0.5, 0.6) is 0 Å². The second kappa shape index (κ2) is 4.63. The molecule has 20 heavy (non-hydrogen) atoms. The smallest absolute Gasteiger partial charge is 0.285 e. The van der Waals surface area contributed by atoms with Crippen LogP contribution in [0.4, 0.5) is 5.69 Å². The zero-order chi connectivity index (χ0) is 14.3. The minimum absolute atomic E-state index is 0.107. The summed E-state index contributed by atoms with van der Waals surface area (Å²) in [5.74, 6) is 0. The van der Waals surface area contributed by atoms with Gasteiger partial charge in [-0.1, -0.05) is 49.7 Å². The zero-order valence-electron chi connectivity index (χ0n) is 11.4. The Hall–Kier alpha value is -1.81. The van der Waals surface area contributed by atoms with Crippen LogP contribution in [0.25, 0.3) is 0 Å². The van der Waals surface area contributed by atoms with Gasteiger partial charge in [0, 0.05) is 0 Å². The zero-order valence-corrected chi connectivity index (χ0v) is 12.2. The maximum atomic E-state index is 11.5. The molecule has 1 aromatic heterocycles. The summed E-state index contributed by atoms with van der Waals surface area (Å²) in [4.78, 5) is 11.5. The molecule has 0 amide bonds. The lowest BCUT2D eigenvalue weighted by Gasteiger charge is -2.20. The van der Waals surface area contributed by atoms with Crippen LogP contribution in [-0.2, 0) is 5.41 Å². The Balaban J connectivity index is 1.98. The first-order valence-electron chi connectivity index (χ1n) is 6.58. The molecule has 1 heterocycles. The van der Waals surface area contributed by atoms with Crippen LogP contribution in [0, 0.1) is 0 Å². The molecule has 4 nitrogen and oxygen atoms in total. The van der Waals surface area contributed by atoms with E-state index in [1.165, 1.54) is 11.1 Å². The summed E-state index contributed by atoms with van der Waals surface area (Å²) < 4.78 is 0. The molecule has 0 radical (unpaired) electrons. The van der Waals surface area contributed by atoms with Gasteiger partial charge in [-0.2, -0.15) is 5.10 Å². The Morgan fingerprint density at radius 1 is 1.40 bits per heavy atom. The minimum Gasteiger partial charge on any atom is -0.376 e. The summed E-state index contributed by atoms with van der Waals surface area (Å²) in [7, 11) is 0. The molecule has 0 saturated carbocycles. The van der Waals surface area contributed by atoms with Crippen molar-refractivity contribution >= 4 is 17.3 Å². The monoisotopic (exact) mass is 289 g/mol. The van der Waals surface area contributed by atoms with E-state index in [-0.39, 0.29) is 22.0 Å². The molecular formula is C15H16ClN3O. The highest BCUT2D eigenvalue weighted by atomic mass is 35.5. The maximum absolute atomic E-state index is 11.5. The molecule has 1 atom stereocenters. The third kappa shape index (κ3) is 2.10. The predicted octanol–water partition coefficient (Wildman–Crippen LogP) is 3.26. The van der Waals surface area contributed by atoms with E-state index >= 15 is 0 Å². The van der Waals surface area contributed by atoms with E-state index in [1.807, 2.05) is 6.07 Å². The Morgan fingerprint density at radius 3 is 2.95 bits per heavy atom. The van der Waals surface area contributed by atoms with Crippen molar-refractivity contribution in [2.45, 2.75) is 31.7 Å². The van der Waals surface area contributed by atoms with E-state index in [4.69, 9.17) is 11.6 Å². The molecule has 2 aromatic rings. The summed E-state index contributed by atoms with van der Waals surface area (Å²) in [5, 5.41) is 9.62. The summed E-state index contributed by atoms with van der Waals surface area (Å²) in [6.07, 6.45) is 2.51. The van der Waals surface area contributed by atoms with Crippen molar-refractivity contribution in [1.82, 2.24) is 10.2 Å². The molecule has 0 spiro atoms. The van der Waals surface area contributed by atoms with Crippen molar-refractivity contribution in [2.75, 3.05) is 5.32 Å². The third-order valence-electron chi connectivity index (χ3n) is 3.91. The number of aromatic nitrogens is 2. The van der Waals surface area contributed by atoms with E-state index in [2.05, 4.69) is 47.6 Å². The molecule has 0 saturated heterocycles. The summed E-state index contributed by atoms with van der Waals surface area (Å²) >= 11 is 6.02. The normalized spacial score (nSPS) is 19.6. The molecule has 1 aliphatic rings. The van der Waals surface area contributed by atoms with Crippen molar-refractivity contribution in [3.8, 4) is 0 Å². The topological polar surface area (TPSA) is 57.8 Å². The Bertz CT molecular complexity index is 708. The summed E-state index contributed by atoms with van der Waals surface area (Å²) in [5.41, 5.74) is 2.91. The van der Waals surface area contributed by atoms with Crippen LogP contribution in [0.15, 0.2) is 35.3 Å². The highest BCUT2D eigenvalue weighted by molar-refractivity contribution is 6.32. The summed E-state index contributed by atoms with van der Waals surface area (Å²) in [6, 6.07) is 8.52. The van der Waals surface area contributed by atoms with Crippen LogP contribution in [0.2, 0.25) is 5.02 Å². The van der Waals surface area contributed by atoms with Gasteiger partial charge in [-0.05, 0) is 23.0 Å². The van der Waals surface area contributed by atoms with Crippen molar-refractivity contribution in [3.05, 3.63) is 57.0 Å². The highest BCUT2D eigenvalue weighted by Crippen LogP contribution is 2.45. The summed E-state index contributed by atoms with van der Waals surface area (Å²) in [6.45, 7) is 4.45. The van der Waals surface area contributed by atoms with Crippen LogP contribution in [0.1, 0.15) is 37.4 Å². The average Bonchev–Trinajstić information content (AvgIpc) is 2.67. The fourth-order valence-electron chi connectivity index (χ4n) is 2.95. The van der Waals surface area contributed by atoms with E-state index in [9.17, 15) is 4.79 Å². The van der Waals surface area contributed by atoms with Gasteiger partial charge in [0.05, 0.1) is 17.9 Å². The Morgan fingerprint density at radius 2 is 2.15 bits per heavy atom. The average molecular weight is 290 g/mol. The quantitative estimate of drug-likeness (QED) is 0.892. The number of hydrogen-bond acceptors (Lipinski definition) is 3. The molecule has 0 bridgehead atoms. The first-order valence-corrected chi connectivity index (χ1v) is 6.96. The minimum atomic E-state index is -0.373. The molecule has 1 aromatic carbocycles. The lowest BCUT2D eigenvalue weighted by atomic mass is 9.86. The molecule has 0 aliphatic heterocycles. The van der Waals surface area contributed by atoms with Gasteiger partial charge in [0.1, 0.15) is 5.02 Å². The molecule has 1 unspecified atom stereocenters. The number of nitrogens with zero attached hydrogens (tertiary/aromatic N) is 1. The number of anilines is 1. The standard InChI is InChI=1S/C15H16ClN3O/c1-15(2)7-11(9-5-3-4-6-10(9)15)18-12-8-17-19-14(20)13(12)16/h3-6,8,11H,7H2,1-2H3,(H2,18,19,20). The van der Waals surface area contributed by atoms with E-state index in [1.54, 1.807) is 6.20 Å². The fraction of sp³-hybridized carbons (Fsp3) is 0.333. The van der Waals surface area contributed by atoms with Gasteiger partial charge < -0.3 is 5.32 Å². The number of hydrogen-bond donors (Lipinski definition) is 2. The Kier molecular flexibility index (Phi) is 3.05. The van der Waals surface area contributed by atoms with Gasteiger partial charge >= 0.3 is 0 Å². The first-order chi connectivity index (χ1) is 9.49. The number of nitrogens with one attached hydrogen (secondary N) is 2. The second-order valence-corrected chi connectivity index (χ2v) is 6.18. The molecule has 3 rings (SSSR count). The van der Waals surface area contributed by atoms with Crippen molar-refractivity contribution in [1.29, 1.82) is 0 Å². The van der Waals surface area contributed by atoms with Crippen LogP contribution >= 0.6 is 11.6 Å². The van der Waals surface area contributed by atoms with Gasteiger partial charge in [-0.25, -0.2) is 5.10 Å². The predicted molar refractivity (Wildman–Crippen MR) is 80.3 cm³/mol. The molecule has 5 heteroatoms. The highest BCUT2D eigenvalue weighted by Gasteiger charge is 2.36. The number of H-pyrrole nitrogens is 1. The number of rotatable bonds is 2. The first kappa shape index (κ1) is 13.2. The van der Waals surface area contributed by atoms with Gasteiger partial charge in [0.2, 0.25) is 0 Å². The fourth-order valence-corrected chi connectivity index (χ4v) is 3.09. The number of aromatic amines is 1. The van der Waals surface area contributed by atoms with Gasteiger partial charge in [0.15, 0.2) is 0 Å². The molecular weight excluding hydrogens is 274 g/mol. The Labute approximate surface area is 122 Å². The number of fused-ring (bicyclic) bond motifs is 1. The van der Waals surface area contributed by atoms with Crippen molar-refractivity contribution < 1.29 is 0 Å². The van der Waals surface area contributed by atoms with Crippen molar-refractivity contribution in [3.63, 3.8) is 0 Å². The lowest BCUT2D eigenvalue weighted by molar-refractivity contribution is 0.493. The van der Waals surface area contributed by atoms with E-state index in [0.29, 0.717) is 5.69 Å². The van der Waals surface area contributed by atoms with E-state index < -0.39 is 0 Å². The molecule has 1 aliphatic carbocycles. The maximum Gasteiger partial charge on any atom is 0.285 e. The largest absolute Gasteiger partial charge is 0.376 e.